The predicted octanol–water partition coefficient (Wildman–Crippen LogP) is 13.5. The highest BCUT2D eigenvalue weighted by atomic mass is 16.3. The number of hydrogen-bond donors (Lipinski definition) is 0. The van der Waals surface area contributed by atoms with Gasteiger partial charge in [0.15, 0.2) is 0 Å². The summed E-state index contributed by atoms with van der Waals surface area (Å²) in [5, 5.41) is 4.16. The number of nitrogens with zero attached hydrogens (tertiary/aromatic N) is 2. The maximum absolute atomic E-state index is 8.55. The molecule has 8 aromatic carbocycles. The zero-order valence-corrected chi connectivity index (χ0v) is 27.0. The highest BCUT2D eigenvalue weighted by Gasteiger charge is 2.20. The number of anilines is 3. The first kappa shape index (κ1) is 20.6. The molecule has 3 nitrogen and oxygen atoms in total. The summed E-state index contributed by atoms with van der Waals surface area (Å²) in [6.45, 7) is 0. The lowest BCUT2D eigenvalue weighted by Gasteiger charge is -2.26. The molecule has 3 heteroatoms. The Hall–Kier alpha value is -6.84. The minimum Gasteiger partial charge on any atom is -0.456 e. The summed E-state index contributed by atoms with van der Waals surface area (Å²) in [4.78, 5) is 1.97. The van der Waals surface area contributed by atoms with Crippen molar-refractivity contribution in [3.05, 3.63) is 194 Å². The van der Waals surface area contributed by atoms with E-state index in [-0.39, 0.29) is 35.3 Å². The van der Waals surface area contributed by atoms with Gasteiger partial charge in [0.05, 0.1) is 35.8 Å². The van der Waals surface area contributed by atoms with E-state index in [0.29, 0.717) is 33.7 Å². The Kier molecular flexibility index (Phi) is 4.83. The molecule has 0 amide bonds. The van der Waals surface area contributed by atoms with Crippen molar-refractivity contribution in [1.29, 1.82) is 0 Å². The van der Waals surface area contributed by atoms with Crippen LogP contribution in [0.3, 0.4) is 0 Å². The average Bonchev–Trinajstić information content (AvgIpc) is 3.83. The monoisotopic (exact) mass is 662 g/mol. The van der Waals surface area contributed by atoms with Gasteiger partial charge in [-0.1, -0.05) is 127 Å². The number of hydrogen-bond acceptors (Lipinski definition) is 2. The first-order chi connectivity index (χ1) is 29.4. The molecule has 0 saturated heterocycles. The summed E-state index contributed by atoms with van der Waals surface area (Å²) >= 11 is 0. The van der Waals surface area contributed by atoms with Crippen LogP contribution in [0.1, 0.15) is 13.7 Å². The maximum Gasteiger partial charge on any atom is 0.137 e. The van der Waals surface area contributed by atoms with Gasteiger partial charge < -0.3 is 13.9 Å². The molecule has 240 valence electrons. The molecular weight excluding hydrogens is 621 g/mol. The quantitative estimate of drug-likeness (QED) is 0.177. The van der Waals surface area contributed by atoms with Gasteiger partial charge in [-0.3, -0.25) is 0 Å². The molecule has 10 rings (SSSR count). The Morgan fingerprint density at radius 3 is 1.53 bits per heavy atom. The molecule has 2 aromatic heterocycles. The summed E-state index contributed by atoms with van der Waals surface area (Å²) in [6, 6.07) is 39.1. The van der Waals surface area contributed by atoms with Gasteiger partial charge >= 0.3 is 0 Å². The van der Waals surface area contributed by atoms with Crippen molar-refractivity contribution in [2.24, 2.45) is 0 Å². The Bertz CT molecular complexity index is 3210. The molecule has 10 aromatic rings. The Balaban J connectivity index is 1.14. The van der Waals surface area contributed by atoms with E-state index in [0.717, 1.165) is 44.0 Å². The molecule has 0 fully saturated rings. The van der Waals surface area contributed by atoms with Crippen molar-refractivity contribution >= 4 is 60.8 Å². The van der Waals surface area contributed by atoms with Crippen LogP contribution in [-0.2, 0) is 0 Å². The SMILES string of the molecule is [2H]c1c([2H])c([2H])c(-c2ccc(N(c3ccc(-c4c([2H])c([2H])c([2H])c([2H])c4[2H])cc3)c3ccc4c(c3)oc3cccc(-n5c6ccccc6c6ccccc65)c34)cc2)c([2H])c1[2H]. The summed E-state index contributed by atoms with van der Waals surface area (Å²) in [7, 11) is 0. The maximum atomic E-state index is 8.55. The molecule has 2 heterocycles. The fourth-order valence-corrected chi connectivity index (χ4v) is 7.09. The van der Waals surface area contributed by atoms with Crippen LogP contribution in [0.5, 0.6) is 0 Å². The summed E-state index contributed by atoms with van der Waals surface area (Å²) < 4.78 is 92.0. The third-order valence-corrected chi connectivity index (χ3v) is 9.37. The molecule has 0 bridgehead atoms. The van der Waals surface area contributed by atoms with E-state index in [4.69, 9.17) is 18.1 Å². The minimum atomic E-state index is -0.461. The van der Waals surface area contributed by atoms with Crippen molar-refractivity contribution in [1.82, 2.24) is 4.57 Å². The Labute approximate surface area is 309 Å². The molecule has 0 radical (unpaired) electrons. The lowest BCUT2D eigenvalue weighted by atomic mass is 10.0. The topological polar surface area (TPSA) is 21.3 Å². The van der Waals surface area contributed by atoms with Gasteiger partial charge in [-0.05, 0) is 82.9 Å². The highest BCUT2D eigenvalue weighted by Crippen LogP contribution is 2.42. The van der Waals surface area contributed by atoms with Gasteiger partial charge in [0, 0.05) is 39.3 Å². The summed E-state index contributed by atoms with van der Waals surface area (Å²) in [5.74, 6) is 0. The Morgan fingerprint density at radius 2 is 0.961 bits per heavy atom. The van der Waals surface area contributed by atoms with Crippen LogP contribution in [0.4, 0.5) is 17.1 Å². The first-order valence-electron chi connectivity index (χ1n) is 21.5. The zero-order valence-electron chi connectivity index (χ0n) is 37.0. The number of fused-ring (bicyclic) bond motifs is 6. The van der Waals surface area contributed by atoms with Crippen LogP contribution in [-0.4, -0.2) is 4.57 Å². The van der Waals surface area contributed by atoms with Crippen LogP contribution in [0, 0.1) is 0 Å². The molecule has 0 aliphatic heterocycles. The van der Waals surface area contributed by atoms with Crippen LogP contribution in [0.2, 0.25) is 0 Å². The van der Waals surface area contributed by atoms with Crippen LogP contribution < -0.4 is 4.90 Å². The largest absolute Gasteiger partial charge is 0.456 e. The fraction of sp³-hybridized carbons (Fsp3) is 0. The van der Waals surface area contributed by atoms with Crippen LogP contribution in [0.15, 0.2) is 198 Å². The second-order valence-corrected chi connectivity index (χ2v) is 12.2. The van der Waals surface area contributed by atoms with E-state index >= 15 is 0 Å². The van der Waals surface area contributed by atoms with Gasteiger partial charge in [-0.2, -0.15) is 0 Å². The molecule has 0 N–H and O–H groups in total. The highest BCUT2D eigenvalue weighted by molar-refractivity contribution is 6.14. The number of furan rings is 1. The van der Waals surface area contributed by atoms with Crippen LogP contribution >= 0.6 is 0 Å². The second kappa shape index (κ2) is 11.9. The fourth-order valence-electron chi connectivity index (χ4n) is 7.09. The number of aromatic nitrogens is 1. The third-order valence-electron chi connectivity index (χ3n) is 9.37. The number of rotatable bonds is 6. The molecular formula is C48H32N2O. The lowest BCUT2D eigenvalue weighted by molar-refractivity contribution is 0.669. The van der Waals surface area contributed by atoms with Crippen molar-refractivity contribution in [3.8, 4) is 27.9 Å². The molecule has 0 saturated carbocycles. The van der Waals surface area contributed by atoms with E-state index in [9.17, 15) is 0 Å². The van der Waals surface area contributed by atoms with E-state index < -0.39 is 36.3 Å². The predicted molar refractivity (Wildman–Crippen MR) is 214 cm³/mol. The van der Waals surface area contributed by atoms with Gasteiger partial charge in [0.1, 0.15) is 11.2 Å². The first-order valence-corrected chi connectivity index (χ1v) is 16.5. The molecule has 0 spiro atoms. The number of para-hydroxylation sites is 2. The summed E-state index contributed by atoms with van der Waals surface area (Å²) in [6.07, 6.45) is 0. The van der Waals surface area contributed by atoms with E-state index in [1.54, 1.807) is 24.3 Å². The molecule has 0 aliphatic carbocycles. The molecule has 0 unspecified atom stereocenters. The smallest absolute Gasteiger partial charge is 0.137 e. The van der Waals surface area contributed by atoms with Crippen molar-refractivity contribution < 1.29 is 18.1 Å². The second-order valence-electron chi connectivity index (χ2n) is 12.2. The normalized spacial score (nSPS) is 14.3. The van der Waals surface area contributed by atoms with E-state index in [1.807, 2.05) is 83.8 Å². The average molecular weight is 663 g/mol. The molecule has 0 aliphatic rings. The number of benzene rings is 8. The molecule has 51 heavy (non-hydrogen) atoms. The van der Waals surface area contributed by atoms with E-state index in [1.165, 1.54) is 0 Å². The Morgan fingerprint density at radius 1 is 0.431 bits per heavy atom. The van der Waals surface area contributed by atoms with Crippen LogP contribution in [0.25, 0.3) is 71.7 Å². The van der Waals surface area contributed by atoms with Crippen molar-refractivity contribution in [2.45, 2.75) is 0 Å². The zero-order chi connectivity index (χ0) is 42.4. The van der Waals surface area contributed by atoms with Gasteiger partial charge in [-0.25, -0.2) is 0 Å². The lowest BCUT2D eigenvalue weighted by Crippen LogP contribution is -2.09. The van der Waals surface area contributed by atoms with Gasteiger partial charge in [0.25, 0.3) is 0 Å². The van der Waals surface area contributed by atoms with Gasteiger partial charge in [-0.15, -0.1) is 0 Å². The third kappa shape index (κ3) is 4.90. The van der Waals surface area contributed by atoms with Crippen molar-refractivity contribution in [3.63, 3.8) is 0 Å². The van der Waals surface area contributed by atoms with Gasteiger partial charge in [0.2, 0.25) is 0 Å². The van der Waals surface area contributed by atoms with E-state index in [2.05, 4.69) is 34.9 Å². The minimum absolute atomic E-state index is 0.0924. The molecule has 0 atom stereocenters. The summed E-state index contributed by atoms with van der Waals surface area (Å²) in [5.41, 5.74) is 7.62. The van der Waals surface area contributed by atoms with Crippen molar-refractivity contribution in [2.75, 3.05) is 4.90 Å². The standard InChI is InChI=1S/C48H32N2O/c1-3-12-33(13-4-1)35-22-26-37(27-23-35)49(38-28-24-36(25-29-38)34-14-5-2-6-15-34)39-30-31-42-47(32-39)51-46-21-11-20-45(48(42)46)50-43-18-9-7-16-40(43)41-17-8-10-19-44(41)50/h1-32H/i1D,2D,3D,4D,5D,6D,12D,13D,14D,15D.